The highest BCUT2D eigenvalue weighted by Crippen LogP contribution is 2.14. The highest BCUT2D eigenvalue weighted by molar-refractivity contribution is 5.68. The summed E-state index contributed by atoms with van der Waals surface area (Å²) < 4.78 is 6.66. The van der Waals surface area contributed by atoms with E-state index in [0.29, 0.717) is 25.8 Å². The summed E-state index contributed by atoms with van der Waals surface area (Å²) in [6.45, 7) is 2.35. The van der Waals surface area contributed by atoms with Gasteiger partial charge in [0.1, 0.15) is 5.82 Å². The molecule has 1 aromatic rings. The van der Waals surface area contributed by atoms with E-state index in [1.807, 2.05) is 6.92 Å². The molecule has 0 aliphatic heterocycles. The lowest BCUT2D eigenvalue weighted by molar-refractivity contribution is -0.140. The van der Waals surface area contributed by atoms with Gasteiger partial charge in [0.2, 0.25) is 5.69 Å². The maximum Gasteiger partial charge on any atom is 0.332 e. The van der Waals surface area contributed by atoms with Gasteiger partial charge in [-0.05, 0) is 24.4 Å². The van der Waals surface area contributed by atoms with Gasteiger partial charge in [-0.15, -0.1) is 4.91 Å². The summed E-state index contributed by atoms with van der Waals surface area (Å²) in [6, 6.07) is 0. The molecule has 0 radical (unpaired) electrons. The highest BCUT2D eigenvalue weighted by atomic mass is 16.5. The number of aromatic nitrogens is 2. The molecule has 0 aliphatic rings. The van der Waals surface area contributed by atoms with E-state index in [1.54, 1.807) is 0 Å². The first-order valence-corrected chi connectivity index (χ1v) is 7.51. The summed E-state index contributed by atoms with van der Waals surface area (Å²) in [4.78, 5) is 46.4. The minimum Gasteiger partial charge on any atom is -0.469 e. The van der Waals surface area contributed by atoms with Crippen LogP contribution in [0.2, 0.25) is 0 Å². The zero-order chi connectivity index (χ0) is 17.4. The molecule has 0 saturated carbocycles. The third kappa shape index (κ3) is 4.51. The van der Waals surface area contributed by atoms with Crippen LogP contribution in [0.1, 0.15) is 39.0 Å². The number of anilines is 1. The van der Waals surface area contributed by atoms with Crippen LogP contribution in [0.5, 0.6) is 0 Å². The Morgan fingerprint density at radius 2 is 1.83 bits per heavy atom. The van der Waals surface area contributed by atoms with Crippen molar-refractivity contribution in [3.05, 3.63) is 25.7 Å². The van der Waals surface area contributed by atoms with E-state index in [2.05, 4.69) is 9.91 Å². The molecule has 0 aromatic carbocycles. The number of hydrogen-bond donors (Lipinski definition) is 1. The average Bonchev–Trinajstić information content (AvgIpc) is 2.54. The second-order valence-corrected chi connectivity index (χ2v) is 5.10. The van der Waals surface area contributed by atoms with E-state index in [0.717, 1.165) is 11.0 Å². The number of nitroso groups, excluding NO2 is 1. The predicted octanol–water partition coefficient (Wildman–Crippen LogP) is 1.13. The molecule has 0 amide bonds. The molecule has 9 heteroatoms. The second kappa shape index (κ2) is 8.86. The molecule has 1 heterocycles. The summed E-state index contributed by atoms with van der Waals surface area (Å²) in [5.41, 5.74) is 3.90. The number of nitrogens with two attached hydrogens (primary N) is 1. The fourth-order valence-corrected chi connectivity index (χ4v) is 2.16. The van der Waals surface area contributed by atoms with Crippen molar-refractivity contribution >= 4 is 17.5 Å². The molecule has 0 bridgehead atoms. The quantitative estimate of drug-likeness (QED) is 0.412. The normalized spacial score (nSPS) is 10.5. The third-order valence-electron chi connectivity index (χ3n) is 3.51. The number of hydrogen-bond acceptors (Lipinski definition) is 7. The highest BCUT2D eigenvalue weighted by Gasteiger charge is 2.17. The zero-order valence-corrected chi connectivity index (χ0v) is 13.4. The first-order valence-electron chi connectivity index (χ1n) is 7.51. The maximum atomic E-state index is 12.4. The van der Waals surface area contributed by atoms with Crippen molar-refractivity contribution in [2.75, 3.05) is 12.8 Å². The lowest BCUT2D eigenvalue weighted by atomic mass is 10.2. The van der Waals surface area contributed by atoms with Crippen LogP contribution >= 0.6 is 0 Å². The molecule has 0 aliphatic carbocycles. The predicted molar refractivity (Wildman–Crippen MR) is 85.6 cm³/mol. The molecule has 0 spiro atoms. The van der Waals surface area contributed by atoms with Gasteiger partial charge in [-0.25, -0.2) is 4.79 Å². The minimum absolute atomic E-state index is 0.0869. The Balaban J connectivity index is 3.06. The Labute approximate surface area is 133 Å². The van der Waals surface area contributed by atoms with Crippen LogP contribution in [0, 0.1) is 4.91 Å². The summed E-state index contributed by atoms with van der Waals surface area (Å²) in [5.74, 6) is -0.556. The van der Waals surface area contributed by atoms with E-state index >= 15 is 0 Å². The van der Waals surface area contributed by atoms with Gasteiger partial charge in [-0.1, -0.05) is 13.3 Å². The number of nitrogens with zero attached hydrogens (tertiary/aromatic N) is 3. The Hall–Kier alpha value is -2.45. The molecule has 0 fully saturated rings. The molecule has 0 unspecified atom stereocenters. The first-order chi connectivity index (χ1) is 11.0. The number of unbranched alkanes of at least 4 members (excludes halogenated alkanes) is 2. The van der Waals surface area contributed by atoms with Crippen molar-refractivity contribution in [1.29, 1.82) is 0 Å². The molecule has 9 nitrogen and oxygen atoms in total. The number of methoxy groups -OCH3 is 1. The molecule has 0 saturated heterocycles. The van der Waals surface area contributed by atoms with Gasteiger partial charge in [-0.2, -0.15) is 0 Å². The smallest absolute Gasteiger partial charge is 0.332 e. The zero-order valence-electron chi connectivity index (χ0n) is 13.4. The SMILES string of the molecule is CCCCn1c(N)c(N=O)c(=O)n(CCCCC(=O)OC)c1=O. The maximum absolute atomic E-state index is 12.4. The van der Waals surface area contributed by atoms with E-state index in [4.69, 9.17) is 5.73 Å². The van der Waals surface area contributed by atoms with Crippen molar-refractivity contribution in [3.63, 3.8) is 0 Å². The van der Waals surface area contributed by atoms with Crippen LogP contribution in [-0.4, -0.2) is 22.2 Å². The van der Waals surface area contributed by atoms with Gasteiger partial charge in [0.05, 0.1) is 7.11 Å². The van der Waals surface area contributed by atoms with Crippen molar-refractivity contribution < 1.29 is 9.53 Å². The molecule has 1 rings (SSSR count). The largest absolute Gasteiger partial charge is 0.469 e. The van der Waals surface area contributed by atoms with Crippen LogP contribution < -0.4 is 17.0 Å². The molecular weight excluding hydrogens is 304 g/mol. The van der Waals surface area contributed by atoms with Gasteiger partial charge in [-0.3, -0.25) is 18.7 Å². The number of ether oxygens (including phenoxy) is 1. The number of rotatable bonds is 9. The van der Waals surface area contributed by atoms with Crippen LogP contribution in [0.4, 0.5) is 11.5 Å². The van der Waals surface area contributed by atoms with E-state index < -0.39 is 16.9 Å². The Bertz CT molecular complexity index is 677. The Kier molecular flexibility index (Phi) is 7.17. The number of carbonyl (C=O) groups is 1. The van der Waals surface area contributed by atoms with Crippen molar-refractivity contribution in [2.24, 2.45) is 5.18 Å². The van der Waals surface area contributed by atoms with Crippen LogP contribution in [-0.2, 0) is 22.6 Å². The molecule has 0 atom stereocenters. The first kappa shape index (κ1) is 18.6. The second-order valence-electron chi connectivity index (χ2n) is 5.10. The van der Waals surface area contributed by atoms with Crippen molar-refractivity contribution in [2.45, 2.75) is 52.1 Å². The monoisotopic (exact) mass is 326 g/mol. The summed E-state index contributed by atoms with van der Waals surface area (Å²) in [5, 5.41) is 2.67. The Morgan fingerprint density at radius 3 is 2.39 bits per heavy atom. The van der Waals surface area contributed by atoms with Gasteiger partial charge < -0.3 is 10.5 Å². The fraction of sp³-hybridized carbons (Fsp3) is 0.643. The molecule has 2 N–H and O–H groups in total. The number of esters is 1. The standard InChI is InChI=1S/C14H22N4O5/c1-3-4-8-17-12(15)11(16-22)13(20)18(14(17)21)9-6-5-7-10(19)23-2/h3-9,15H2,1-2H3. The van der Waals surface area contributed by atoms with Gasteiger partial charge in [0, 0.05) is 19.5 Å². The molecule has 128 valence electrons. The summed E-state index contributed by atoms with van der Waals surface area (Å²) >= 11 is 0. The van der Waals surface area contributed by atoms with Crippen molar-refractivity contribution in [3.8, 4) is 0 Å². The number of carbonyl (C=O) groups excluding carboxylic acids is 1. The molecular formula is C14H22N4O5. The molecule has 1 aromatic heterocycles. The van der Waals surface area contributed by atoms with Crippen LogP contribution in [0.3, 0.4) is 0 Å². The third-order valence-corrected chi connectivity index (χ3v) is 3.51. The average molecular weight is 326 g/mol. The Morgan fingerprint density at radius 1 is 1.17 bits per heavy atom. The van der Waals surface area contributed by atoms with Gasteiger partial charge >= 0.3 is 11.7 Å². The minimum atomic E-state index is -0.798. The topological polar surface area (TPSA) is 126 Å². The lowest BCUT2D eigenvalue weighted by Crippen LogP contribution is -2.41. The van der Waals surface area contributed by atoms with Gasteiger partial charge in [0.15, 0.2) is 0 Å². The van der Waals surface area contributed by atoms with E-state index in [-0.39, 0.29) is 24.8 Å². The summed E-state index contributed by atoms with van der Waals surface area (Å²) in [7, 11) is 1.29. The van der Waals surface area contributed by atoms with Crippen LogP contribution in [0.15, 0.2) is 14.8 Å². The van der Waals surface area contributed by atoms with Gasteiger partial charge in [0.25, 0.3) is 5.56 Å². The fourth-order valence-electron chi connectivity index (χ4n) is 2.16. The summed E-state index contributed by atoms with van der Waals surface area (Å²) in [6.07, 6.45) is 2.59. The van der Waals surface area contributed by atoms with E-state index in [9.17, 15) is 19.3 Å². The lowest BCUT2D eigenvalue weighted by Gasteiger charge is -2.13. The molecule has 23 heavy (non-hydrogen) atoms. The number of nitrogen functional groups attached to an aromatic ring is 1. The van der Waals surface area contributed by atoms with E-state index in [1.165, 1.54) is 11.7 Å². The van der Waals surface area contributed by atoms with Crippen molar-refractivity contribution in [1.82, 2.24) is 9.13 Å². The van der Waals surface area contributed by atoms with Crippen LogP contribution in [0.25, 0.3) is 0 Å².